The molecule has 1 atom stereocenters. The second kappa shape index (κ2) is 11.7. The average molecular weight is 517 g/mol. The van der Waals surface area contributed by atoms with Crippen molar-refractivity contribution in [1.29, 1.82) is 0 Å². The van der Waals surface area contributed by atoms with Crippen LogP contribution in [-0.4, -0.2) is 46.9 Å². The van der Waals surface area contributed by atoms with Crippen molar-refractivity contribution in [2.75, 3.05) is 20.3 Å². The van der Waals surface area contributed by atoms with Gasteiger partial charge in [0.1, 0.15) is 18.1 Å². The summed E-state index contributed by atoms with van der Waals surface area (Å²) < 4.78 is 10.9. The van der Waals surface area contributed by atoms with Crippen LogP contribution in [0, 0.1) is 17.0 Å². The number of nitrogens with zero attached hydrogens (tertiary/aromatic N) is 2. The van der Waals surface area contributed by atoms with Crippen molar-refractivity contribution >= 4 is 23.1 Å². The highest BCUT2D eigenvalue weighted by atomic mass is 16.6. The Bertz CT molecular complexity index is 1380. The highest BCUT2D eigenvalue weighted by Gasteiger charge is 2.46. The number of hydrogen-bond donors (Lipinski definition) is 1. The number of nitro groups is 1. The topological polar surface area (TPSA) is 119 Å². The lowest BCUT2D eigenvalue weighted by molar-refractivity contribution is -0.384. The standard InChI is InChI=1S/C29H28N2O7/c1-19-7-3-4-8-22(19)18-38-24-13-11-20(12-14-24)27(32)25-26(21-9-5-10-23(17-21)31(35)36)30(15-6-16-37-2)29(34)28(25)33/h3-5,7-14,17,26,32H,6,15-16,18H2,1-2H3/b27-25+. The number of aliphatic hydroxyl groups excluding tert-OH is 1. The zero-order chi connectivity index (χ0) is 27.2. The van der Waals surface area contributed by atoms with Gasteiger partial charge in [-0.1, -0.05) is 36.4 Å². The molecule has 0 radical (unpaired) electrons. The Kier molecular flexibility index (Phi) is 8.18. The van der Waals surface area contributed by atoms with E-state index in [0.29, 0.717) is 36.5 Å². The third-order valence-corrected chi connectivity index (χ3v) is 6.47. The van der Waals surface area contributed by atoms with Gasteiger partial charge in [0, 0.05) is 38.0 Å². The normalized spacial score (nSPS) is 16.6. The van der Waals surface area contributed by atoms with E-state index in [1.54, 1.807) is 30.3 Å². The first-order valence-electron chi connectivity index (χ1n) is 12.1. The Hall–Kier alpha value is -4.50. The fraction of sp³-hybridized carbons (Fsp3) is 0.241. The number of ketones is 1. The summed E-state index contributed by atoms with van der Waals surface area (Å²) in [7, 11) is 1.53. The summed E-state index contributed by atoms with van der Waals surface area (Å²) >= 11 is 0. The number of nitro benzene ring substituents is 1. The van der Waals surface area contributed by atoms with Crippen LogP contribution in [0.25, 0.3) is 5.76 Å². The summed E-state index contributed by atoms with van der Waals surface area (Å²) in [5, 5.41) is 22.6. The number of aryl methyl sites for hydroxylation is 1. The molecule has 38 heavy (non-hydrogen) atoms. The van der Waals surface area contributed by atoms with E-state index in [0.717, 1.165) is 11.1 Å². The van der Waals surface area contributed by atoms with Crippen molar-refractivity contribution in [3.63, 3.8) is 0 Å². The molecule has 1 unspecified atom stereocenters. The van der Waals surface area contributed by atoms with Gasteiger partial charge in [0.05, 0.1) is 16.5 Å². The van der Waals surface area contributed by atoms with Gasteiger partial charge in [0.15, 0.2) is 0 Å². The molecule has 9 nitrogen and oxygen atoms in total. The van der Waals surface area contributed by atoms with E-state index < -0.39 is 22.7 Å². The van der Waals surface area contributed by atoms with Crippen molar-refractivity contribution in [2.45, 2.75) is 26.0 Å². The molecule has 1 fully saturated rings. The molecule has 3 aromatic carbocycles. The summed E-state index contributed by atoms with van der Waals surface area (Å²) in [5.74, 6) is -1.42. The van der Waals surface area contributed by atoms with Gasteiger partial charge >= 0.3 is 0 Å². The first-order chi connectivity index (χ1) is 18.3. The van der Waals surface area contributed by atoms with Gasteiger partial charge < -0.3 is 19.5 Å². The number of likely N-dealkylation sites (tertiary alicyclic amines) is 1. The first kappa shape index (κ1) is 26.6. The van der Waals surface area contributed by atoms with Crippen molar-refractivity contribution in [2.24, 2.45) is 0 Å². The predicted molar refractivity (Wildman–Crippen MR) is 141 cm³/mol. The molecular weight excluding hydrogens is 488 g/mol. The lowest BCUT2D eigenvalue weighted by Crippen LogP contribution is -2.31. The van der Waals surface area contributed by atoms with E-state index in [2.05, 4.69) is 0 Å². The third-order valence-electron chi connectivity index (χ3n) is 6.47. The number of non-ortho nitro benzene ring substituents is 1. The van der Waals surface area contributed by atoms with E-state index in [1.807, 2.05) is 31.2 Å². The zero-order valence-corrected chi connectivity index (χ0v) is 21.1. The summed E-state index contributed by atoms with van der Waals surface area (Å²) in [4.78, 5) is 38.3. The molecule has 1 N–H and O–H groups in total. The molecule has 0 aliphatic carbocycles. The monoisotopic (exact) mass is 516 g/mol. The number of carbonyl (C=O) groups excluding carboxylic acids is 2. The molecule has 0 saturated carbocycles. The summed E-state index contributed by atoms with van der Waals surface area (Å²) in [5.41, 5.74) is 2.53. The minimum Gasteiger partial charge on any atom is -0.507 e. The SMILES string of the molecule is COCCCN1C(=O)C(=O)/C(=C(/O)c2ccc(OCc3ccccc3C)cc2)C1c1cccc([N+](=O)[O-])c1. The molecular formula is C29H28N2O7. The first-order valence-corrected chi connectivity index (χ1v) is 12.1. The van der Waals surface area contributed by atoms with Crippen molar-refractivity contribution in [3.05, 3.63) is 111 Å². The third kappa shape index (κ3) is 5.57. The zero-order valence-electron chi connectivity index (χ0n) is 21.1. The number of benzene rings is 3. The minimum absolute atomic E-state index is 0.124. The van der Waals surface area contributed by atoms with Gasteiger partial charge in [0.2, 0.25) is 0 Å². The number of amides is 1. The maximum atomic E-state index is 13.1. The van der Waals surface area contributed by atoms with E-state index in [4.69, 9.17) is 9.47 Å². The second-order valence-electron chi connectivity index (χ2n) is 8.93. The van der Waals surface area contributed by atoms with E-state index in [9.17, 15) is 24.8 Å². The van der Waals surface area contributed by atoms with Crippen molar-refractivity contribution in [3.8, 4) is 5.75 Å². The Labute approximate surface area is 220 Å². The maximum Gasteiger partial charge on any atom is 0.295 e. The highest BCUT2D eigenvalue weighted by molar-refractivity contribution is 6.46. The highest BCUT2D eigenvalue weighted by Crippen LogP contribution is 2.40. The number of rotatable bonds is 10. The van der Waals surface area contributed by atoms with Crippen LogP contribution in [0.1, 0.15) is 34.7 Å². The molecule has 0 aromatic heterocycles. The van der Waals surface area contributed by atoms with Crippen LogP contribution < -0.4 is 4.74 Å². The minimum atomic E-state index is -0.983. The number of Topliss-reactive ketones (excluding diaryl/α,β-unsaturated/α-hetero) is 1. The van der Waals surface area contributed by atoms with Crippen molar-refractivity contribution in [1.82, 2.24) is 4.90 Å². The summed E-state index contributed by atoms with van der Waals surface area (Å²) in [6, 6.07) is 19.2. The van der Waals surface area contributed by atoms with Gasteiger partial charge in [0.25, 0.3) is 17.4 Å². The van der Waals surface area contributed by atoms with Crippen LogP contribution in [-0.2, 0) is 20.9 Å². The Balaban J connectivity index is 1.67. The second-order valence-corrected chi connectivity index (χ2v) is 8.93. The van der Waals surface area contributed by atoms with E-state index in [-0.39, 0.29) is 23.6 Å². The summed E-state index contributed by atoms with van der Waals surface area (Å²) in [6.45, 7) is 2.91. The molecule has 1 saturated heterocycles. The van der Waals surface area contributed by atoms with Crippen LogP contribution >= 0.6 is 0 Å². The van der Waals surface area contributed by atoms with E-state index >= 15 is 0 Å². The molecule has 1 heterocycles. The lowest BCUT2D eigenvalue weighted by Gasteiger charge is -2.25. The van der Waals surface area contributed by atoms with Gasteiger partial charge in [-0.05, 0) is 54.3 Å². The molecule has 1 aliphatic rings. The van der Waals surface area contributed by atoms with Gasteiger partial charge in [-0.2, -0.15) is 0 Å². The van der Waals surface area contributed by atoms with Crippen LogP contribution in [0.3, 0.4) is 0 Å². The predicted octanol–water partition coefficient (Wildman–Crippen LogP) is 4.94. The average Bonchev–Trinajstić information content (AvgIpc) is 3.18. The molecule has 9 heteroatoms. The molecule has 1 amide bonds. The van der Waals surface area contributed by atoms with Crippen LogP contribution in [0.4, 0.5) is 5.69 Å². The molecule has 196 valence electrons. The van der Waals surface area contributed by atoms with Crippen LogP contribution in [0.2, 0.25) is 0 Å². The number of aliphatic hydroxyl groups is 1. The number of ether oxygens (including phenoxy) is 2. The van der Waals surface area contributed by atoms with Crippen LogP contribution in [0.15, 0.2) is 78.4 Å². The molecule has 0 spiro atoms. The Morgan fingerprint density at radius 3 is 2.47 bits per heavy atom. The fourth-order valence-corrected chi connectivity index (χ4v) is 4.44. The number of carbonyl (C=O) groups is 2. The van der Waals surface area contributed by atoms with Crippen molar-refractivity contribution < 1.29 is 29.1 Å². The largest absolute Gasteiger partial charge is 0.507 e. The number of methoxy groups -OCH3 is 1. The molecule has 0 bridgehead atoms. The van der Waals surface area contributed by atoms with E-state index in [1.165, 1.54) is 30.2 Å². The van der Waals surface area contributed by atoms with Gasteiger partial charge in [-0.25, -0.2) is 0 Å². The molecule has 3 aromatic rings. The smallest absolute Gasteiger partial charge is 0.295 e. The fourth-order valence-electron chi connectivity index (χ4n) is 4.44. The Morgan fingerprint density at radius 1 is 1.05 bits per heavy atom. The van der Waals surface area contributed by atoms with Gasteiger partial charge in [-0.3, -0.25) is 19.7 Å². The van der Waals surface area contributed by atoms with Gasteiger partial charge in [-0.15, -0.1) is 0 Å². The molecule has 1 aliphatic heterocycles. The number of hydrogen-bond acceptors (Lipinski definition) is 7. The maximum absolute atomic E-state index is 13.1. The molecule has 4 rings (SSSR count). The lowest BCUT2D eigenvalue weighted by atomic mass is 9.95. The Morgan fingerprint density at radius 2 is 1.79 bits per heavy atom. The summed E-state index contributed by atoms with van der Waals surface area (Å²) in [6.07, 6.45) is 0.446. The quantitative estimate of drug-likeness (QED) is 0.101. The van der Waals surface area contributed by atoms with Crippen LogP contribution in [0.5, 0.6) is 5.75 Å².